The Hall–Kier alpha value is -2.89. The van der Waals surface area contributed by atoms with E-state index in [4.69, 9.17) is 16.3 Å². The first-order valence-corrected chi connectivity index (χ1v) is 11.9. The van der Waals surface area contributed by atoms with Gasteiger partial charge in [-0.25, -0.2) is 4.79 Å². The molecule has 162 valence electrons. The van der Waals surface area contributed by atoms with E-state index in [1.165, 1.54) is 12.8 Å². The van der Waals surface area contributed by atoms with Crippen molar-refractivity contribution in [1.29, 1.82) is 0 Å². The molecule has 4 aromatic rings. The van der Waals surface area contributed by atoms with Crippen molar-refractivity contribution >= 4 is 40.2 Å². The van der Waals surface area contributed by atoms with Gasteiger partial charge in [0, 0.05) is 25.9 Å². The maximum atomic E-state index is 12.0. The largest absolute Gasteiger partial charge is 0.490 e. The standard InChI is InChI=1S/C26H22ClNO3S/c27-18-4-3-7-22(16-18)32-23-12-13-24-17(14-23)15-25(26(29)30)28(24)19-8-10-21(11-9-19)31-20-5-1-2-6-20/h3-4,7-16,20H,1-2,5-6H2,(H,29,30). The maximum absolute atomic E-state index is 12.0. The molecular formula is C26H22ClNO3S. The van der Waals surface area contributed by atoms with E-state index in [9.17, 15) is 9.90 Å². The molecule has 1 heterocycles. The first kappa shape index (κ1) is 21.0. The minimum atomic E-state index is -0.962. The predicted octanol–water partition coefficient (Wildman–Crippen LogP) is 7.45. The molecule has 1 saturated carbocycles. The van der Waals surface area contributed by atoms with Gasteiger partial charge in [-0.3, -0.25) is 0 Å². The molecule has 1 aromatic heterocycles. The maximum Gasteiger partial charge on any atom is 0.352 e. The third-order valence-electron chi connectivity index (χ3n) is 5.72. The van der Waals surface area contributed by atoms with Crippen molar-refractivity contribution in [2.75, 3.05) is 0 Å². The van der Waals surface area contributed by atoms with Gasteiger partial charge in [-0.2, -0.15) is 0 Å². The van der Waals surface area contributed by atoms with E-state index in [0.717, 1.165) is 45.0 Å². The molecule has 0 atom stereocenters. The molecule has 0 radical (unpaired) electrons. The van der Waals surface area contributed by atoms with Gasteiger partial charge in [0.05, 0.1) is 11.6 Å². The normalized spacial score (nSPS) is 14.2. The second-order valence-corrected chi connectivity index (χ2v) is 9.55. The monoisotopic (exact) mass is 463 g/mol. The van der Waals surface area contributed by atoms with E-state index in [0.29, 0.717) is 11.1 Å². The summed E-state index contributed by atoms with van der Waals surface area (Å²) in [6.07, 6.45) is 4.93. The summed E-state index contributed by atoms with van der Waals surface area (Å²) in [6.45, 7) is 0. The zero-order chi connectivity index (χ0) is 22.1. The van der Waals surface area contributed by atoms with Crippen LogP contribution in [0.1, 0.15) is 36.2 Å². The molecule has 6 heteroatoms. The summed E-state index contributed by atoms with van der Waals surface area (Å²) in [5.74, 6) is -0.134. The number of carbonyl (C=O) groups is 1. The van der Waals surface area contributed by atoms with Crippen LogP contribution in [0.5, 0.6) is 5.75 Å². The van der Waals surface area contributed by atoms with E-state index in [1.54, 1.807) is 22.4 Å². The van der Waals surface area contributed by atoms with Crippen LogP contribution in [0.25, 0.3) is 16.6 Å². The molecule has 5 rings (SSSR count). The van der Waals surface area contributed by atoms with Gasteiger partial charge in [-0.1, -0.05) is 29.4 Å². The number of hydrogen-bond acceptors (Lipinski definition) is 3. The molecule has 1 aliphatic rings. The SMILES string of the molecule is O=C(O)c1cc2cc(Sc3cccc(Cl)c3)ccc2n1-c1ccc(OC2CCCC2)cc1. The molecule has 0 amide bonds. The van der Waals surface area contributed by atoms with Gasteiger partial charge in [-0.15, -0.1) is 0 Å². The average Bonchev–Trinajstić information content (AvgIpc) is 3.42. The van der Waals surface area contributed by atoms with Gasteiger partial charge in [0.1, 0.15) is 11.4 Å². The van der Waals surface area contributed by atoms with Crippen LogP contribution >= 0.6 is 23.4 Å². The number of rotatable bonds is 6. The van der Waals surface area contributed by atoms with Gasteiger partial charge in [0.25, 0.3) is 0 Å². The fourth-order valence-corrected chi connectivity index (χ4v) is 5.41. The fraction of sp³-hybridized carbons (Fsp3) is 0.192. The number of aromatic nitrogens is 1. The number of carboxylic acids is 1. The quantitative estimate of drug-likeness (QED) is 0.322. The zero-order valence-corrected chi connectivity index (χ0v) is 18.9. The van der Waals surface area contributed by atoms with Crippen LogP contribution in [-0.4, -0.2) is 21.7 Å². The number of ether oxygens (including phenoxy) is 1. The van der Waals surface area contributed by atoms with Gasteiger partial charge in [0.2, 0.25) is 0 Å². The van der Waals surface area contributed by atoms with Crippen molar-refractivity contribution in [3.8, 4) is 11.4 Å². The van der Waals surface area contributed by atoms with Gasteiger partial charge in [0.15, 0.2) is 0 Å². The van der Waals surface area contributed by atoms with E-state index in [1.807, 2.05) is 66.7 Å². The molecule has 0 aliphatic heterocycles. The Morgan fingerprint density at radius 1 is 0.969 bits per heavy atom. The highest BCUT2D eigenvalue weighted by molar-refractivity contribution is 7.99. The van der Waals surface area contributed by atoms with Crippen LogP contribution in [0.15, 0.2) is 82.6 Å². The topological polar surface area (TPSA) is 51.5 Å². The highest BCUT2D eigenvalue weighted by atomic mass is 35.5. The third-order valence-corrected chi connectivity index (χ3v) is 6.94. The number of halogens is 1. The highest BCUT2D eigenvalue weighted by Gasteiger charge is 2.18. The highest BCUT2D eigenvalue weighted by Crippen LogP contribution is 2.34. The number of fused-ring (bicyclic) bond motifs is 1. The van der Waals surface area contributed by atoms with Crippen LogP contribution in [0.4, 0.5) is 0 Å². The lowest BCUT2D eigenvalue weighted by Gasteiger charge is -2.14. The van der Waals surface area contributed by atoms with Crippen LogP contribution in [0.2, 0.25) is 5.02 Å². The summed E-state index contributed by atoms with van der Waals surface area (Å²) in [7, 11) is 0. The molecule has 3 aromatic carbocycles. The molecule has 0 spiro atoms. The van der Waals surface area contributed by atoms with E-state index < -0.39 is 5.97 Å². The molecule has 0 saturated heterocycles. The van der Waals surface area contributed by atoms with Gasteiger partial charge < -0.3 is 14.4 Å². The zero-order valence-electron chi connectivity index (χ0n) is 17.3. The van der Waals surface area contributed by atoms with Crippen molar-refractivity contribution in [3.63, 3.8) is 0 Å². The van der Waals surface area contributed by atoms with Crippen LogP contribution in [-0.2, 0) is 0 Å². The van der Waals surface area contributed by atoms with Gasteiger partial charge >= 0.3 is 5.97 Å². The van der Waals surface area contributed by atoms with Crippen LogP contribution in [0.3, 0.4) is 0 Å². The van der Waals surface area contributed by atoms with Crippen molar-refractivity contribution in [2.24, 2.45) is 0 Å². The van der Waals surface area contributed by atoms with Crippen molar-refractivity contribution in [2.45, 2.75) is 41.6 Å². The lowest BCUT2D eigenvalue weighted by atomic mass is 10.2. The van der Waals surface area contributed by atoms with E-state index in [-0.39, 0.29) is 5.69 Å². The van der Waals surface area contributed by atoms with Crippen LogP contribution in [0, 0.1) is 0 Å². The summed E-state index contributed by atoms with van der Waals surface area (Å²) < 4.78 is 7.84. The average molecular weight is 464 g/mol. The number of aromatic carboxylic acids is 1. The van der Waals surface area contributed by atoms with Crippen LogP contribution < -0.4 is 4.74 Å². The van der Waals surface area contributed by atoms with Gasteiger partial charge in [-0.05, 0) is 92.4 Å². The number of carboxylic acid groups (broad SMARTS) is 1. The summed E-state index contributed by atoms with van der Waals surface area (Å²) in [4.78, 5) is 14.1. The Morgan fingerprint density at radius 2 is 1.72 bits per heavy atom. The number of nitrogens with zero attached hydrogens (tertiary/aromatic N) is 1. The molecule has 0 bridgehead atoms. The fourth-order valence-electron chi connectivity index (χ4n) is 4.23. The molecule has 1 aliphatic carbocycles. The summed E-state index contributed by atoms with van der Waals surface area (Å²) >= 11 is 7.70. The summed E-state index contributed by atoms with van der Waals surface area (Å²) in [5, 5.41) is 11.4. The summed E-state index contributed by atoms with van der Waals surface area (Å²) in [6, 6.07) is 23.1. The molecule has 4 nitrogen and oxygen atoms in total. The molecule has 1 N–H and O–H groups in total. The Labute approximate surface area is 195 Å². The predicted molar refractivity (Wildman–Crippen MR) is 129 cm³/mol. The summed E-state index contributed by atoms with van der Waals surface area (Å²) in [5.41, 5.74) is 1.88. The molecule has 1 fully saturated rings. The second-order valence-electron chi connectivity index (χ2n) is 7.97. The number of hydrogen-bond donors (Lipinski definition) is 1. The van der Waals surface area contributed by atoms with Crippen molar-refractivity contribution in [3.05, 3.63) is 83.5 Å². The second kappa shape index (κ2) is 8.93. The molecular weight excluding hydrogens is 442 g/mol. The smallest absolute Gasteiger partial charge is 0.352 e. The first-order chi connectivity index (χ1) is 15.6. The van der Waals surface area contributed by atoms with E-state index in [2.05, 4.69) is 0 Å². The lowest BCUT2D eigenvalue weighted by molar-refractivity contribution is 0.0688. The Bertz CT molecular complexity index is 1280. The Kier molecular flexibility index (Phi) is 5.85. The lowest BCUT2D eigenvalue weighted by Crippen LogP contribution is -2.11. The first-order valence-electron chi connectivity index (χ1n) is 10.7. The Balaban J connectivity index is 1.47. The van der Waals surface area contributed by atoms with Crippen molar-refractivity contribution in [1.82, 2.24) is 4.57 Å². The minimum Gasteiger partial charge on any atom is -0.490 e. The Morgan fingerprint density at radius 3 is 2.44 bits per heavy atom. The molecule has 32 heavy (non-hydrogen) atoms. The van der Waals surface area contributed by atoms with E-state index >= 15 is 0 Å². The van der Waals surface area contributed by atoms with Crippen molar-refractivity contribution < 1.29 is 14.6 Å². The molecule has 0 unspecified atom stereocenters. The third kappa shape index (κ3) is 4.36. The number of benzene rings is 3. The minimum absolute atomic E-state index is 0.231.